The smallest absolute Gasteiger partial charge is 0.194 e. The lowest BCUT2D eigenvalue weighted by Crippen LogP contribution is -2.06. The van der Waals surface area contributed by atoms with Gasteiger partial charge < -0.3 is 4.74 Å². The predicted molar refractivity (Wildman–Crippen MR) is 86.9 cm³/mol. The topological polar surface area (TPSA) is 26.3 Å². The number of hydrogen-bond acceptors (Lipinski definition) is 2. The Kier molecular flexibility index (Phi) is 5.27. The lowest BCUT2D eigenvalue weighted by Gasteiger charge is -2.11. The lowest BCUT2D eigenvalue weighted by atomic mass is 9.97. The van der Waals surface area contributed by atoms with E-state index in [2.05, 4.69) is 0 Å². The molecule has 0 fully saturated rings. The fraction of sp³-hybridized carbons (Fsp3) is 0.235. The summed E-state index contributed by atoms with van der Waals surface area (Å²) in [5.74, 6) is 0.367. The monoisotopic (exact) mass is 322 g/mol. The normalized spacial score (nSPS) is 10.5. The number of halogens is 2. The second-order valence-corrected chi connectivity index (χ2v) is 5.35. The molecule has 0 atom stereocenters. The quantitative estimate of drug-likeness (QED) is 0.708. The van der Waals surface area contributed by atoms with E-state index >= 15 is 0 Å². The molecule has 0 aromatic heterocycles. The van der Waals surface area contributed by atoms with Crippen molar-refractivity contribution in [2.75, 3.05) is 6.61 Å². The molecule has 0 unspecified atom stereocenters. The van der Waals surface area contributed by atoms with Gasteiger partial charge in [0.15, 0.2) is 5.78 Å². The van der Waals surface area contributed by atoms with Crippen molar-refractivity contribution in [3.05, 3.63) is 63.1 Å². The molecule has 0 spiro atoms. The maximum Gasteiger partial charge on any atom is 0.194 e. The summed E-state index contributed by atoms with van der Waals surface area (Å²) in [6.07, 6.45) is 0.782. The Labute approximate surface area is 134 Å². The molecule has 2 aromatic carbocycles. The van der Waals surface area contributed by atoms with Gasteiger partial charge >= 0.3 is 0 Å². The van der Waals surface area contributed by atoms with Gasteiger partial charge in [0.1, 0.15) is 5.75 Å². The summed E-state index contributed by atoms with van der Waals surface area (Å²) in [5.41, 5.74) is 2.04. The molecule has 2 aromatic rings. The van der Waals surface area contributed by atoms with Gasteiger partial charge in [-0.25, -0.2) is 0 Å². The Balaban J connectivity index is 2.46. The molecule has 110 valence electrons. The molecule has 0 aliphatic rings. The Hall–Kier alpha value is -1.51. The van der Waals surface area contributed by atoms with Crippen LogP contribution in [0.2, 0.25) is 10.0 Å². The van der Waals surface area contributed by atoms with Crippen molar-refractivity contribution in [2.45, 2.75) is 20.3 Å². The van der Waals surface area contributed by atoms with Crippen LogP contribution in [0.1, 0.15) is 35.3 Å². The third-order valence-corrected chi connectivity index (χ3v) is 3.82. The first-order valence-electron chi connectivity index (χ1n) is 6.82. The van der Waals surface area contributed by atoms with E-state index < -0.39 is 0 Å². The fourth-order valence-electron chi connectivity index (χ4n) is 2.16. The van der Waals surface area contributed by atoms with Gasteiger partial charge in [0, 0.05) is 17.2 Å². The van der Waals surface area contributed by atoms with Crippen LogP contribution in [-0.2, 0) is 6.42 Å². The van der Waals surface area contributed by atoms with Crippen molar-refractivity contribution >= 4 is 29.0 Å². The highest BCUT2D eigenvalue weighted by Gasteiger charge is 2.18. The van der Waals surface area contributed by atoms with Gasteiger partial charge in [0.05, 0.1) is 16.7 Å². The average Bonchev–Trinajstić information content (AvgIpc) is 2.50. The minimum Gasteiger partial charge on any atom is -0.492 e. The summed E-state index contributed by atoms with van der Waals surface area (Å²) in [5, 5.41) is 0.734. The van der Waals surface area contributed by atoms with E-state index in [4.69, 9.17) is 27.9 Å². The van der Waals surface area contributed by atoms with Gasteiger partial charge in [-0.2, -0.15) is 0 Å². The molecule has 0 N–H and O–H groups in total. The molecule has 21 heavy (non-hydrogen) atoms. The van der Waals surface area contributed by atoms with Gasteiger partial charge in [-0.3, -0.25) is 4.79 Å². The molecule has 0 aliphatic heterocycles. The number of rotatable bonds is 5. The first-order chi connectivity index (χ1) is 10.1. The van der Waals surface area contributed by atoms with E-state index in [9.17, 15) is 4.79 Å². The Morgan fingerprint density at radius 3 is 2.43 bits per heavy atom. The predicted octanol–water partition coefficient (Wildman–Crippen LogP) is 5.19. The molecule has 0 amide bonds. The molecular formula is C17H16Cl2O2. The molecule has 4 heteroatoms. The van der Waals surface area contributed by atoms with E-state index in [-0.39, 0.29) is 5.78 Å². The van der Waals surface area contributed by atoms with Crippen LogP contribution in [0.4, 0.5) is 0 Å². The molecule has 0 bridgehead atoms. The minimum absolute atomic E-state index is 0.123. The molecule has 0 saturated heterocycles. The van der Waals surface area contributed by atoms with Crippen LogP contribution in [0, 0.1) is 0 Å². The minimum atomic E-state index is -0.123. The van der Waals surface area contributed by atoms with Crippen LogP contribution >= 0.6 is 23.2 Å². The number of hydrogen-bond donors (Lipinski definition) is 0. The van der Waals surface area contributed by atoms with Gasteiger partial charge in [0.25, 0.3) is 0 Å². The van der Waals surface area contributed by atoms with E-state index in [1.165, 1.54) is 0 Å². The number of aryl methyl sites for hydroxylation is 1. The Morgan fingerprint density at radius 1 is 1.05 bits per heavy atom. The number of benzene rings is 2. The van der Waals surface area contributed by atoms with Crippen LogP contribution in [0.5, 0.6) is 5.75 Å². The molecule has 0 saturated carbocycles. The highest BCUT2D eigenvalue weighted by atomic mass is 35.5. The van der Waals surface area contributed by atoms with E-state index in [1.807, 2.05) is 38.1 Å². The van der Waals surface area contributed by atoms with Crippen LogP contribution in [0.15, 0.2) is 36.4 Å². The number of ether oxygens (including phenoxy) is 1. The lowest BCUT2D eigenvalue weighted by molar-refractivity contribution is 0.103. The van der Waals surface area contributed by atoms with E-state index in [0.717, 1.165) is 12.0 Å². The summed E-state index contributed by atoms with van der Waals surface area (Å²) >= 11 is 12.4. The third-order valence-electron chi connectivity index (χ3n) is 3.21. The second-order valence-electron chi connectivity index (χ2n) is 4.54. The molecule has 0 heterocycles. The maximum absolute atomic E-state index is 12.7. The van der Waals surface area contributed by atoms with Crippen molar-refractivity contribution in [1.29, 1.82) is 0 Å². The van der Waals surface area contributed by atoms with E-state index in [0.29, 0.717) is 33.5 Å². The molecule has 0 aliphatic carbocycles. The standard InChI is InChI=1S/C17H16Cl2O2/c1-3-11-7-5-6-8-12(11)17(20)13-9-15(19)16(21-4-2)10-14(13)18/h5-10H,3-4H2,1-2H3. The maximum atomic E-state index is 12.7. The summed E-state index contributed by atoms with van der Waals surface area (Å²) in [4.78, 5) is 12.7. The van der Waals surface area contributed by atoms with Crippen LogP contribution in [-0.4, -0.2) is 12.4 Å². The Bertz CT molecular complexity index is 666. The van der Waals surface area contributed by atoms with Crippen molar-refractivity contribution in [1.82, 2.24) is 0 Å². The zero-order valence-corrected chi connectivity index (χ0v) is 13.5. The fourth-order valence-corrected chi connectivity index (χ4v) is 2.62. The van der Waals surface area contributed by atoms with Crippen molar-refractivity contribution in [3.8, 4) is 5.75 Å². The third kappa shape index (κ3) is 3.39. The van der Waals surface area contributed by atoms with Gasteiger partial charge in [-0.1, -0.05) is 54.4 Å². The summed E-state index contributed by atoms with van der Waals surface area (Å²) in [6, 6.07) is 10.7. The summed E-state index contributed by atoms with van der Waals surface area (Å²) < 4.78 is 5.38. The van der Waals surface area contributed by atoms with Crippen molar-refractivity contribution in [2.24, 2.45) is 0 Å². The Morgan fingerprint density at radius 2 is 1.76 bits per heavy atom. The van der Waals surface area contributed by atoms with Crippen molar-refractivity contribution in [3.63, 3.8) is 0 Å². The second kappa shape index (κ2) is 6.97. The van der Waals surface area contributed by atoms with Gasteiger partial charge in [-0.05, 0) is 25.0 Å². The first kappa shape index (κ1) is 15.9. The number of carbonyl (C=O) groups is 1. The average molecular weight is 323 g/mol. The molecular weight excluding hydrogens is 307 g/mol. The highest BCUT2D eigenvalue weighted by Crippen LogP contribution is 2.32. The highest BCUT2D eigenvalue weighted by molar-refractivity contribution is 6.37. The summed E-state index contributed by atoms with van der Waals surface area (Å²) in [7, 11) is 0. The molecule has 2 nitrogen and oxygen atoms in total. The largest absolute Gasteiger partial charge is 0.492 e. The van der Waals surface area contributed by atoms with Gasteiger partial charge in [0.2, 0.25) is 0 Å². The van der Waals surface area contributed by atoms with E-state index in [1.54, 1.807) is 12.1 Å². The van der Waals surface area contributed by atoms with Crippen LogP contribution in [0.25, 0.3) is 0 Å². The van der Waals surface area contributed by atoms with Crippen LogP contribution < -0.4 is 4.74 Å². The number of ketones is 1. The van der Waals surface area contributed by atoms with Gasteiger partial charge in [-0.15, -0.1) is 0 Å². The summed E-state index contributed by atoms with van der Waals surface area (Å²) in [6.45, 7) is 4.36. The number of carbonyl (C=O) groups excluding carboxylic acids is 1. The SMILES string of the molecule is CCOc1cc(Cl)c(C(=O)c2ccccc2CC)cc1Cl. The molecule has 0 radical (unpaired) electrons. The first-order valence-corrected chi connectivity index (χ1v) is 7.58. The molecule has 2 rings (SSSR count). The van der Waals surface area contributed by atoms with Crippen molar-refractivity contribution < 1.29 is 9.53 Å². The zero-order chi connectivity index (χ0) is 15.4. The van der Waals surface area contributed by atoms with Crippen LogP contribution in [0.3, 0.4) is 0 Å². The zero-order valence-electron chi connectivity index (χ0n) is 12.0.